The number of anilines is 1. The molecule has 1 atom stereocenters. The van der Waals surface area contributed by atoms with Gasteiger partial charge in [0, 0.05) is 37.4 Å². The average molecular weight is 471 g/mol. The molecule has 0 radical (unpaired) electrons. The summed E-state index contributed by atoms with van der Waals surface area (Å²) in [5.74, 6) is -0.711. The van der Waals surface area contributed by atoms with Crippen molar-refractivity contribution in [3.05, 3.63) is 59.2 Å². The highest BCUT2D eigenvalue weighted by molar-refractivity contribution is 7.89. The number of hydrogen-bond donors (Lipinski definition) is 2. The summed E-state index contributed by atoms with van der Waals surface area (Å²) in [4.78, 5) is 26.2. The Morgan fingerprint density at radius 2 is 1.58 bits per heavy atom. The number of benzene rings is 2. The lowest BCUT2D eigenvalue weighted by Gasteiger charge is -2.36. The number of sulfonamides is 1. The zero-order valence-corrected chi connectivity index (χ0v) is 19.6. The Bertz CT molecular complexity index is 1140. The molecule has 2 amide bonds. The number of nitrogens with zero attached hydrogens (tertiary/aromatic N) is 2. The molecule has 1 heterocycles. The van der Waals surface area contributed by atoms with Gasteiger partial charge in [0.1, 0.15) is 0 Å². The van der Waals surface area contributed by atoms with Gasteiger partial charge in [-0.25, -0.2) is 8.42 Å². The van der Waals surface area contributed by atoms with Crippen LogP contribution in [0.2, 0.25) is 0 Å². The molecule has 2 aromatic carbocycles. The molecule has 0 spiro atoms. The smallest absolute Gasteiger partial charge is 0.248 e. The van der Waals surface area contributed by atoms with Gasteiger partial charge in [-0.15, -0.1) is 0 Å². The topological polar surface area (TPSA) is 113 Å². The number of nitrogens with one attached hydrogen (secondary N) is 1. The Balaban J connectivity index is 1.35. The Labute approximate surface area is 194 Å². The van der Waals surface area contributed by atoms with Gasteiger partial charge in [-0.2, -0.15) is 4.31 Å². The molecule has 2 aliphatic rings. The summed E-state index contributed by atoms with van der Waals surface area (Å²) in [7, 11) is -3.56. The van der Waals surface area contributed by atoms with E-state index < -0.39 is 22.0 Å². The summed E-state index contributed by atoms with van der Waals surface area (Å²) >= 11 is 0. The molecule has 4 rings (SSSR count). The van der Waals surface area contributed by atoms with Crippen LogP contribution in [0.25, 0.3) is 0 Å². The maximum absolute atomic E-state index is 13.2. The van der Waals surface area contributed by atoms with Crippen LogP contribution < -0.4 is 11.1 Å². The SMILES string of the molecule is C[C@@H](C(=O)Nc1ccc(C(N)=O)cc1)N1CCN(S(=O)(=O)c2ccc3c(c2)CCCC3)CC1. The highest BCUT2D eigenvalue weighted by Crippen LogP contribution is 2.26. The number of piperazine rings is 1. The first-order chi connectivity index (χ1) is 15.8. The average Bonchev–Trinajstić information content (AvgIpc) is 2.83. The third-order valence-electron chi connectivity index (χ3n) is 6.60. The Kier molecular flexibility index (Phi) is 6.83. The normalized spacial score (nSPS) is 18.3. The van der Waals surface area contributed by atoms with Gasteiger partial charge in [-0.05, 0) is 80.1 Å². The standard InChI is InChI=1S/C24H30N4O4S/c1-17(24(30)26-21-9-6-19(7-10-21)23(25)29)27-12-14-28(15-13-27)33(31,32)22-11-8-18-4-2-3-5-20(18)16-22/h6-11,16-17H,2-5,12-15H2,1H3,(H2,25,29)(H,26,30)/t17-/m0/s1. The van der Waals surface area contributed by atoms with Gasteiger partial charge >= 0.3 is 0 Å². The minimum atomic E-state index is -3.56. The van der Waals surface area contributed by atoms with E-state index in [2.05, 4.69) is 5.32 Å². The van der Waals surface area contributed by atoms with Crippen LogP contribution in [-0.2, 0) is 27.7 Å². The van der Waals surface area contributed by atoms with E-state index in [-0.39, 0.29) is 5.91 Å². The van der Waals surface area contributed by atoms with E-state index in [1.54, 1.807) is 37.3 Å². The fourth-order valence-electron chi connectivity index (χ4n) is 4.48. The van der Waals surface area contributed by atoms with Crippen molar-refractivity contribution < 1.29 is 18.0 Å². The molecule has 1 aliphatic carbocycles. The number of aryl methyl sites for hydroxylation is 2. The molecule has 0 aromatic heterocycles. The zero-order chi connectivity index (χ0) is 23.6. The first-order valence-electron chi connectivity index (χ1n) is 11.3. The second-order valence-electron chi connectivity index (χ2n) is 8.68. The van der Waals surface area contributed by atoms with Crippen LogP contribution >= 0.6 is 0 Å². The first kappa shape index (κ1) is 23.4. The van der Waals surface area contributed by atoms with Gasteiger partial charge < -0.3 is 11.1 Å². The number of amides is 2. The van der Waals surface area contributed by atoms with Crippen molar-refractivity contribution in [3.63, 3.8) is 0 Å². The Morgan fingerprint density at radius 1 is 0.939 bits per heavy atom. The number of nitrogens with two attached hydrogens (primary N) is 1. The Hall–Kier alpha value is -2.75. The van der Waals surface area contributed by atoms with E-state index in [1.807, 2.05) is 17.0 Å². The van der Waals surface area contributed by atoms with Crippen LogP contribution in [0.5, 0.6) is 0 Å². The van der Waals surface area contributed by atoms with Crippen LogP contribution in [-0.4, -0.2) is 61.7 Å². The van der Waals surface area contributed by atoms with Crippen molar-refractivity contribution in [3.8, 4) is 0 Å². The van der Waals surface area contributed by atoms with E-state index >= 15 is 0 Å². The van der Waals surface area contributed by atoms with Gasteiger partial charge in [-0.1, -0.05) is 6.07 Å². The van der Waals surface area contributed by atoms with Crippen molar-refractivity contribution in [2.75, 3.05) is 31.5 Å². The first-order valence-corrected chi connectivity index (χ1v) is 12.8. The molecule has 1 saturated heterocycles. The summed E-state index contributed by atoms with van der Waals surface area (Å²) in [6.07, 6.45) is 4.21. The molecule has 3 N–H and O–H groups in total. The third-order valence-corrected chi connectivity index (χ3v) is 8.49. The predicted molar refractivity (Wildman–Crippen MR) is 126 cm³/mol. The number of hydrogen-bond acceptors (Lipinski definition) is 5. The zero-order valence-electron chi connectivity index (χ0n) is 18.8. The van der Waals surface area contributed by atoms with Gasteiger partial charge in [0.05, 0.1) is 10.9 Å². The second kappa shape index (κ2) is 9.62. The summed E-state index contributed by atoms with van der Waals surface area (Å²) < 4.78 is 27.9. The fraction of sp³-hybridized carbons (Fsp3) is 0.417. The molecule has 0 saturated carbocycles. The molecule has 1 aliphatic heterocycles. The van der Waals surface area contributed by atoms with Gasteiger partial charge in [-0.3, -0.25) is 14.5 Å². The summed E-state index contributed by atoms with van der Waals surface area (Å²) in [5, 5.41) is 2.84. The van der Waals surface area contributed by atoms with Crippen LogP contribution in [0.15, 0.2) is 47.4 Å². The Morgan fingerprint density at radius 3 is 2.21 bits per heavy atom. The number of carbonyl (C=O) groups is 2. The van der Waals surface area contributed by atoms with Crippen LogP contribution in [0.3, 0.4) is 0 Å². The molecule has 33 heavy (non-hydrogen) atoms. The molecule has 2 aromatic rings. The molecule has 0 bridgehead atoms. The minimum absolute atomic E-state index is 0.187. The lowest BCUT2D eigenvalue weighted by Crippen LogP contribution is -2.53. The molecular formula is C24H30N4O4S. The fourth-order valence-corrected chi connectivity index (χ4v) is 5.95. The van der Waals surface area contributed by atoms with E-state index in [0.29, 0.717) is 42.3 Å². The lowest BCUT2D eigenvalue weighted by atomic mass is 9.92. The van der Waals surface area contributed by atoms with Crippen molar-refractivity contribution in [2.24, 2.45) is 5.73 Å². The second-order valence-corrected chi connectivity index (χ2v) is 10.6. The third kappa shape index (κ3) is 5.10. The monoisotopic (exact) mass is 470 g/mol. The number of rotatable bonds is 6. The summed E-state index contributed by atoms with van der Waals surface area (Å²) in [6.45, 7) is 3.42. The van der Waals surface area contributed by atoms with Crippen molar-refractivity contribution in [1.82, 2.24) is 9.21 Å². The molecule has 8 nitrogen and oxygen atoms in total. The van der Waals surface area contributed by atoms with Gasteiger partial charge in [0.25, 0.3) is 0 Å². The molecule has 176 valence electrons. The van der Waals surface area contributed by atoms with Gasteiger partial charge in [0.15, 0.2) is 0 Å². The lowest BCUT2D eigenvalue weighted by molar-refractivity contribution is -0.121. The van der Waals surface area contributed by atoms with E-state index in [0.717, 1.165) is 31.2 Å². The van der Waals surface area contributed by atoms with Gasteiger partial charge in [0.2, 0.25) is 21.8 Å². The van der Waals surface area contributed by atoms with Crippen LogP contribution in [0.1, 0.15) is 41.3 Å². The highest BCUT2D eigenvalue weighted by Gasteiger charge is 2.32. The molecule has 9 heteroatoms. The number of fused-ring (bicyclic) bond motifs is 1. The summed E-state index contributed by atoms with van der Waals surface area (Å²) in [5.41, 5.74) is 8.59. The van der Waals surface area contributed by atoms with Crippen molar-refractivity contribution in [1.29, 1.82) is 0 Å². The predicted octanol–water partition coefficient (Wildman–Crippen LogP) is 2.00. The number of carbonyl (C=O) groups excluding carboxylic acids is 2. The van der Waals surface area contributed by atoms with Crippen LogP contribution in [0.4, 0.5) is 5.69 Å². The molecule has 1 fully saturated rings. The molecular weight excluding hydrogens is 440 g/mol. The van der Waals surface area contributed by atoms with Crippen molar-refractivity contribution >= 4 is 27.5 Å². The van der Waals surface area contributed by atoms with E-state index in [1.165, 1.54) is 9.87 Å². The summed E-state index contributed by atoms with van der Waals surface area (Å²) in [6, 6.07) is 11.5. The largest absolute Gasteiger partial charge is 0.366 e. The maximum Gasteiger partial charge on any atom is 0.248 e. The quantitative estimate of drug-likeness (QED) is 0.671. The van der Waals surface area contributed by atoms with E-state index in [9.17, 15) is 18.0 Å². The minimum Gasteiger partial charge on any atom is -0.366 e. The van der Waals surface area contributed by atoms with Crippen LogP contribution in [0, 0.1) is 0 Å². The van der Waals surface area contributed by atoms with E-state index in [4.69, 9.17) is 5.73 Å². The number of primary amides is 1. The highest BCUT2D eigenvalue weighted by atomic mass is 32.2. The maximum atomic E-state index is 13.2. The molecule has 0 unspecified atom stereocenters. The van der Waals surface area contributed by atoms with Crippen molar-refractivity contribution in [2.45, 2.75) is 43.5 Å².